The molecule has 0 atom stereocenters. The lowest BCUT2D eigenvalue weighted by Gasteiger charge is -2.07. The first-order valence-electron chi connectivity index (χ1n) is 6.93. The van der Waals surface area contributed by atoms with E-state index in [0.717, 1.165) is 11.1 Å². The number of carbonyl (C=O) groups excluding carboxylic acids is 2. The molecule has 0 heterocycles. The van der Waals surface area contributed by atoms with Crippen LogP contribution in [-0.2, 0) is 4.79 Å². The SMILES string of the molecule is CCNC(=O)CCNC(=O)c1ccc(C)c(C#CCN)c1. The molecule has 0 aliphatic carbocycles. The molecule has 0 unspecified atom stereocenters. The molecule has 1 aromatic carbocycles. The maximum Gasteiger partial charge on any atom is 0.251 e. The highest BCUT2D eigenvalue weighted by Crippen LogP contribution is 2.10. The van der Waals surface area contributed by atoms with E-state index in [0.29, 0.717) is 18.7 Å². The van der Waals surface area contributed by atoms with Gasteiger partial charge in [0.1, 0.15) is 0 Å². The van der Waals surface area contributed by atoms with Gasteiger partial charge < -0.3 is 16.4 Å². The van der Waals surface area contributed by atoms with Crippen LogP contribution >= 0.6 is 0 Å². The van der Waals surface area contributed by atoms with Gasteiger partial charge in [-0.05, 0) is 31.5 Å². The van der Waals surface area contributed by atoms with Gasteiger partial charge in [-0.2, -0.15) is 0 Å². The van der Waals surface area contributed by atoms with Gasteiger partial charge in [0, 0.05) is 30.6 Å². The number of nitrogens with one attached hydrogen (secondary N) is 2. The first kappa shape index (κ1) is 16.7. The maximum atomic E-state index is 12.0. The molecule has 4 N–H and O–H groups in total. The molecule has 1 rings (SSSR count). The van der Waals surface area contributed by atoms with Gasteiger partial charge in [0.15, 0.2) is 0 Å². The molecule has 0 radical (unpaired) electrons. The van der Waals surface area contributed by atoms with Gasteiger partial charge in [-0.15, -0.1) is 0 Å². The van der Waals surface area contributed by atoms with Crippen LogP contribution in [0.25, 0.3) is 0 Å². The summed E-state index contributed by atoms with van der Waals surface area (Å²) < 4.78 is 0. The summed E-state index contributed by atoms with van der Waals surface area (Å²) in [6, 6.07) is 5.32. The summed E-state index contributed by atoms with van der Waals surface area (Å²) >= 11 is 0. The summed E-state index contributed by atoms with van der Waals surface area (Å²) in [5.41, 5.74) is 7.66. The van der Waals surface area contributed by atoms with Crippen LogP contribution in [0.2, 0.25) is 0 Å². The van der Waals surface area contributed by atoms with Crippen molar-refractivity contribution < 1.29 is 9.59 Å². The molecule has 0 fully saturated rings. The van der Waals surface area contributed by atoms with Crippen molar-refractivity contribution in [3.8, 4) is 11.8 Å². The van der Waals surface area contributed by atoms with E-state index >= 15 is 0 Å². The van der Waals surface area contributed by atoms with Crippen molar-refractivity contribution in [1.29, 1.82) is 0 Å². The number of aryl methyl sites for hydroxylation is 1. The van der Waals surface area contributed by atoms with E-state index in [1.54, 1.807) is 12.1 Å². The standard InChI is InChI=1S/C16H21N3O2/c1-3-18-15(20)8-10-19-16(21)14-7-6-12(2)13(11-14)5-4-9-17/h6-7,11H,3,8-10,17H2,1-2H3,(H,18,20)(H,19,21). The van der Waals surface area contributed by atoms with Gasteiger partial charge in [0.25, 0.3) is 5.91 Å². The Kier molecular flexibility index (Phi) is 6.99. The number of hydrogen-bond acceptors (Lipinski definition) is 3. The molecule has 0 saturated carbocycles. The van der Waals surface area contributed by atoms with Crippen LogP contribution < -0.4 is 16.4 Å². The lowest BCUT2D eigenvalue weighted by atomic mass is 10.0. The molecule has 5 heteroatoms. The second-order valence-electron chi connectivity index (χ2n) is 4.50. The fourth-order valence-electron chi connectivity index (χ4n) is 1.72. The molecular weight excluding hydrogens is 266 g/mol. The molecule has 0 aliphatic rings. The molecule has 5 nitrogen and oxygen atoms in total. The van der Waals surface area contributed by atoms with E-state index in [2.05, 4.69) is 22.5 Å². The molecule has 1 aromatic rings. The molecule has 0 bridgehead atoms. The predicted molar refractivity (Wildman–Crippen MR) is 82.7 cm³/mol. The van der Waals surface area contributed by atoms with Crippen LogP contribution in [0.5, 0.6) is 0 Å². The first-order valence-corrected chi connectivity index (χ1v) is 6.93. The summed E-state index contributed by atoms with van der Waals surface area (Å²) in [6.45, 7) is 4.96. The van der Waals surface area contributed by atoms with Crippen LogP contribution in [0.1, 0.15) is 34.8 Å². The smallest absolute Gasteiger partial charge is 0.251 e. The minimum atomic E-state index is -0.213. The largest absolute Gasteiger partial charge is 0.356 e. The van der Waals surface area contributed by atoms with Crippen LogP contribution in [0.3, 0.4) is 0 Å². The molecule has 2 amide bonds. The van der Waals surface area contributed by atoms with Crippen LogP contribution in [0, 0.1) is 18.8 Å². The quantitative estimate of drug-likeness (QED) is 0.692. The fraction of sp³-hybridized carbons (Fsp3) is 0.375. The second kappa shape index (κ2) is 8.77. The van der Waals surface area contributed by atoms with Crippen LogP contribution in [0.15, 0.2) is 18.2 Å². The van der Waals surface area contributed by atoms with Gasteiger partial charge >= 0.3 is 0 Å². The number of hydrogen-bond donors (Lipinski definition) is 3. The summed E-state index contributed by atoms with van der Waals surface area (Å²) in [7, 11) is 0. The number of amides is 2. The van der Waals surface area contributed by atoms with E-state index in [9.17, 15) is 9.59 Å². The average molecular weight is 287 g/mol. The Bertz CT molecular complexity index is 571. The third-order valence-corrected chi connectivity index (χ3v) is 2.84. The van der Waals surface area contributed by atoms with E-state index < -0.39 is 0 Å². The molecule has 0 aromatic heterocycles. The van der Waals surface area contributed by atoms with Crippen molar-refractivity contribution in [2.75, 3.05) is 19.6 Å². The van der Waals surface area contributed by atoms with Gasteiger partial charge in [-0.25, -0.2) is 0 Å². The monoisotopic (exact) mass is 287 g/mol. The minimum Gasteiger partial charge on any atom is -0.356 e. The second-order valence-corrected chi connectivity index (χ2v) is 4.50. The first-order chi connectivity index (χ1) is 10.1. The Morgan fingerprint density at radius 2 is 2.05 bits per heavy atom. The molecule has 0 spiro atoms. The van der Waals surface area contributed by atoms with Crippen molar-refractivity contribution in [3.05, 3.63) is 34.9 Å². The lowest BCUT2D eigenvalue weighted by molar-refractivity contribution is -0.120. The molecule has 0 saturated heterocycles. The average Bonchev–Trinajstić information content (AvgIpc) is 2.46. The van der Waals surface area contributed by atoms with Crippen LogP contribution in [0.4, 0.5) is 0 Å². The van der Waals surface area contributed by atoms with Crippen molar-refractivity contribution in [3.63, 3.8) is 0 Å². The number of benzene rings is 1. The zero-order chi connectivity index (χ0) is 15.7. The van der Waals surface area contributed by atoms with Gasteiger partial charge in [0.2, 0.25) is 5.91 Å². The van der Waals surface area contributed by atoms with E-state index in [-0.39, 0.29) is 24.8 Å². The van der Waals surface area contributed by atoms with Gasteiger partial charge in [-0.3, -0.25) is 9.59 Å². The van der Waals surface area contributed by atoms with Gasteiger partial charge in [0.05, 0.1) is 6.54 Å². The highest BCUT2D eigenvalue weighted by Gasteiger charge is 2.08. The molecule has 0 aliphatic heterocycles. The summed E-state index contributed by atoms with van der Waals surface area (Å²) in [4.78, 5) is 23.3. The van der Waals surface area contributed by atoms with Crippen LogP contribution in [-0.4, -0.2) is 31.4 Å². The molecule has 21 heavy (non-hydrogen) atoms. The zero-order valence-corrected chi connectivity index (χ0v) is 12.5. The summed E-state index contributed by atoms with van der Waals surface area (Å²) in [5.74, 6) is 5.43. The highest BCUT2D eigenvalue weighted by molar-refractivity contribution is 5.94. The molecular formula is C16H21N3O2. The van der Waals surface area contributed by atoms with Crippen molar-refractivity contribution in [1.82, 2.24) is 10.6 Å². The predicted octanol–water partition coefficient (Wildman–Crippen LogP) is 0.561. The summed E-state index contributed by atoms with van der Waals surface area (Å²) in [6.07, 6.45) is 0.269. The van der Waals surface area contributed by atoms with E-state index in [1.807, 2.05) is 19.9 Å². The topological polar surface area (TPSA) is 84.2 Å². The van der Waals surface area contributed by atoms with Gasteiger partial charge in [-0.1, -0.05) is 17.9 Å². The number of carbonyl (C=O) groups is 2. The molecule has 112 valence electrons. The summed E-state index contributed by atoms with van der Waals surface area (Å²) in [5, 5.41) is 5.40. The van der Waals surface area contributed by atoms with E-state index in [1.165, 1.54) is 0 Å². The Morgan fingerprint density at radius 1 is 1.29 bits per heavy atom. The van der Waals surface area contributed by atoms with Crippen molar-refractivity contribution in [2.45, 2.75) is 20.3 Å². The van der Waals surface area contributed by atoms with Crippen molar-refractivity contribution in [2.24, 2.45) is 5.73 Å². The number of rotatable bonds is 5. The zero-order valence-electron chi connectivity index (χ0n) is 12.5. The Hall–Kier alpha value is -2.32. The fourth-order valence-corrected chi connectivity index (χ4v) is 1.72. The Morgan fingerprint density at radius 3 is 2.71 bits per heavy atom. The Balaban J connectivity index is 2.64. The lowest BCUT2D eigenvalue weighted by Crippen LogP contribution is -2.30. The maximum absolute atomic E-state index is 12.0. The highest BCUT2D eigenvalue weighted by atomic mass is 16.2. The minimum absolute atomic E-state index is 0.0730. The third kappa shape index (κ3) is 5.67. The van der Waals surface area contributed by atoms with E-state index in [4.69, 9.17) is 5.73 Å². The normalized spacial score (nSPS) is 9.48. The number of nitrogens with two attached hydrogens (primary N) is 1. The third-order valence-electron chi connectivity index (χ3n) is 2.84. The Labute approximate surface area is 125 Å². The van der Waals surface area contributed by atoms with Crippen molar-refractivity contribution >= 4 is 11.8 Å².